The lowest BCUT2D eigenvalue weighted by Crippen LogP contribution is -2.26. The van der Waals surface area contributed by atoms with Gasteiger partial charge in [-0.15, -0.1) is 0 Å². The van der Waals surface area contributed by atoms with Crippen molar-refractivity contribution in [2.75, 3.05) is 6.61 Å². The summed E-state index contributed by atoms with van der Waals surface area (Å²) in [4.78, 5) is 12.2. The Morgan fingerprint density at radius 3 is 2.71 bits per heavy atom. The summed E-state index contributed by atoms with van der Waals surface area (Å²) in [6.07, 6.45) is 0. The van der Waals surface area contributed by atoms with Crippen LogP contribution in [0.1, 0.15) is 0 Å². The van der Waals surface area contributed by atoms with Gasteiger partial charge in [-0.05, 0) is 24.2 Å². The molecule has 2 aromatic rings. The average molecular weight is 329 g/mol. The van der Waals surface area contributed by atoms with Crippen LogP contribution in [0.25, 0.3) is 10.8 Å². The standard InChI is InChI=1S/C14H18ClFN2O2Si/c1-21(2,3)7-6-20-9-18-14(19)12-8-10(16)4-5-11(12)13(15)17-18/h4-5,8H,6-7,9H2,1-3H3. The van der Waals surface area contributed by atoms with E-state index >= 15 is 0 Å². The smallest absolute Gasteiger partial charge is 0.277 e. The van der Waals surface area contributed by atoms with Crippen LogP contribution in [0, 0.1) is 5.82 Å². The molecule has 0 fully saturated rings. The lowest BCUT2D eigenvalue weighted by molar-refractivity contribution is 0.0755. The van der Waals surface area contributed by atoms with Crippen molar-refractivity contribution in [2.24, 2.45) is 0 Å². The van der Waals surface area contributed by atoms with Crippen LogP contribution >= 0.6 is 11.6 Å². The van der Waals surface area contributed by atoms with Gasteiger partial charge in [-0.3, -0.25) is 4.79 Å². The third kappa shape index (κ3) is 4.12. The van der Waals surface area contributed by atoms with Crippen LogP contribution in [0.3, 0.4) is 0 Å². The third-order valence-corrected chi connectivity index (χ3v) is 5.07. The van der Waals surface area contributed by atoms with Crippen LogP contribution in [-0.2, 0) is 11.5 Å². The maximum absolute atomic E-state index is 13.3. The average Bonchev–Trinajstić information content (AvgIpc) is 2.38. The van der Waals surface area contributed by atoms with E-state index in [-0.39, 0.29) is 17.3 Å². The first-order valence-corrected chi connectivity index (χ1v) is 10.8. The number of aromatic nitrogens is 2. The molecule has 1 heterocycles. The van der Waals surface area contributed by atoms with Crippen molar-refractivity contribution < 1.29 is 9.13 Å². The highest BCUT2D eigenvalue weighted by Gasteiger charge is 2.13. The maximum Gasteiger partial charge on any atom is 0.277 e. The van der Waals surface area contributed by atoms with Gasteiger partial charge in [0.2, 0.25) is 0 Å². The molecule has 1 aromatic heterocycles. The summed E-state index contributed by atoms with van der Waals surface area (Å²) in [5.74, 6) is -0.479. The number of rotatable bonds is 5. The molecule has 7 heteroatoms. The van der Waals surface area contributed by atoms with Gasteiger partial charge in [0.15, 0.2) is 5.15 Å². The molecule has 0 N–H and O–H groups in total. The summed E-state index contributed by atoms with van der Waals surface area (Å²) in [7, 11) is -1.18. The summed E-state index contributed by atoms with van der Waals surface area (Å²) in [6, 6.07) is 4.88. The Morgan fingerprint density at radius 1 is 1.33 bits per heavy atom. The van der Waals surface area contributed by atoms with Crippen molar-refractivity contribution in [3.63, 3.8) is 0 Å². The van der Waals surface area contributed by atoms with E-state index in [1.807, 2.05) is 0 Å². The second-order valence-electron chi connectivity index (χ2n) is 6.13. The molecule has 0 aliphatic carbocycles. The van der Waals surface area contributed by atoms with Gasteiger partial charge < -0.3 is 4.74 Å². The summed E-state index contributed by atoms with van der Waals surface area (Å²) in [6.45, 7) is 7.33. The van der Waals surface area contributed by atoms with Crippen molar-refractivity contribution in [1.29, 1.82) is 0 Å². The fourth-order valence-corrected chi connectivity index (χ4v) is 2.85. The molecule has 1 aromatic carbocycles. The normalized spacial score (nSPS) is 12.0. The van der Waals surface area contributed by atoms with E-state index in [9.17, 15) is 9.18 Å². The maximum atomic E-state index is 13.3. The predicted octanol–water partition coefficient (Wildman–Crippen LogP) is 3.50. The number of nitrogens with zero attached hydrogens (tertiary/aromatic N) is 2. The molecule has 0 aliphatic heterocycles. The van der Waals surface area contributed by atoms with E-state index in [1.54, 1.807) is 0 Å². The minimum Gasteiger partial charge on any atom is -0.359 e. The number of fused-ring (bicyclic) bond motifs is 1. The van der Waals surface area contributed by atoms with E-state index in [4.69, 9.17) is 16.3 Å². The Kier molecular flexibility index (Phi) is 4.80. The number of halogens is 2. The molecule has 21 heavy (non-hydrogen) atoms. The van der Waals surface area contributed by atoms with Crippen LogP contribution in [0.5, 0.6) is 0 Å². The van der Waals surface area contributed by atoms with E-state index in [2.05, 4.69) is 24.7 Å². The molecule has 0 bridgehead atoms. The van der Waals surface area contributed by atoms with Gasteiger partial charge >= 0.3 is 0 Å². The van der Waals surface area contributed by atoms with Gasteiger partial charge in [-0.2, -0.15) is 5.10 Å². The second kappa shape index (κ2) is 6.25. The molecule has 0 spiro atoms. The summed E-state index contributed by atoms with van der Waals surface area (Å²) in [5.41, 5.74) is -0.401. The first-order valence-electron chi connectivity index (χ1n) is 6.71. The van der Waals surface area contributed by atoms with Crippen molar-refractivity contribution in [3.05, 3.63) is 39.5 Å². The van der Waals surface area contributed by atoms with Gasteiger partial charge in [0, 0.05) is 20.1 Å². The zero-order valence-corrected chi connectivity index (χ0v) is 14.1. The first kappa shape index (κ1) is 16.1. The van der Waals surface area contributed by atoms with Gasteiger partial charge in [0.1, 0.15) is 12.5 Å². The highest BCUT2D eigenvalue weighted by Crippen LogP contribution is 2.19. The number of hydrogen-bond acceptors (Lipinski definition) is 3. The molecule has 0 amide bonds. The van der Waals surface area contributed by atoms with E-state index < -0.39 is 19.5 Å². The van der Waals surface area contributed by atoms with E-state index in [0.717, 1.165) is 10.7 Å². The van der Waals surface area contributed by atoms with Crippen molar-refractivity contribution in [1.82, 2.24) is 9.78 Å². The molecule has 0 aliphatic rings. The highest BCUT2D eigenvalue weighted by atomic mass is 35.5. The van der Waals surface area contributed by atoms with Crippen molar-refractivity contribution in [2.45, 2.75) is 32.4 Å². The minimum atomic E-state index is -1.18. The number of benzene rings is 1. The van der Waals surface area contributed by atoms with Crippen molar-refractivity contribution in [3.8, 4) is 0 Å². The Balaban J connectivity index is 2.21. The Hall–Kier alpha value is -1.24. The minimum absolute atomic E-state index is 0.0233. The van der Waals surface area contributed by atoms with Crippen LogP contribution in [0.2, 0.25) is 30.8 Å². The molecule has 0 unspecified atom stereocenters. The molecular formula is C14H18ClFN2O2Si. The topological polar surface area (TPSA) is 44.1 Å². The molecular weight excluding hydrogens is 311 g/mol. The molecule has 0 atom stereocenters. The van der Waals surface area contributed by atoms with Crippen LogP contribution in [0.15, 0.2) is 23.0 Å². The lowest BCUT2D eigenvalue weighted by atomic mass is 10.2. The van der Waals surface area contributed by atoms with Gasteiger partial charge in [-0.25, -0.2) is 9.07 Å². The van der Waals surface area contributed by atoms with Gasteiger partial charge in [0.05, 0.1) is 5.39 Å². The van der Waals surface area contributed by atoms with Crippen LogP contribution in [0.4, 0.5) is 4.39 Å². The molecule has 114 valence electrons. The Morgan fingerprint density at radius 2 is 2.05 bits per heavy atom. The van der Waals surface area contributed by atoms with Gasteiger partial charge in [0.25, 0.3) is 5.56 Å². The number of ether oxygens (including phenoxy) is 1. The quantitative estimate of drug-likeness (QED) is 0.623. The zero-order chi connectivity index (χ0) is 15.6. The SMILES string of the molecule is C[Si](C)(C)CCOCn1nc(Cl)c2ccc(F)cc2c1=O. The second-order valence-corrected chi connectivity index (χ2v) is 12.1. The Bertz CT molecular complexity index is 712. The molecule has 4 nitrogen and oxygen atoms in total. The largest absolute Gasteiger partial charge is 0.359 e. The van der Waals surface area contributed by atoms with Crippen LogP contribution < -0.4 is 5.56 Å². The monoisotopic (exact) mass is 328 g/mol. The lowest BCUT2D eigenvalue weighted by Gasteiger charge is -2.15. The third-order valence-electron chi connectivity index (χ3n) is 3.09. The van der Waals surface area contributed by atoms with Crippen molar-refractivity contribution >= 4 is 30.4 Å². The van der Waals surface area contributed by atoms with Crippen LogP contribution in [-0.4, -0.2) is 24.5 Å². The highest BCUT2D eigenvalue weighted by molar-refractivity contribution is 6.76. The van der Waals surface area contributed by atoms with E-state index in [1.165, 1.54) is 18.2 Å². The zero-order valence-electron chi connectivity index (χ0n) is 12.3. The predicted molar refractivity (Wildman–Crippen MR) is 85.1 cm³/mol. The van der Waals surface area contributed by atoms with E-state index in [0.29, 0.717) is 12.0 Å². The fraction of sp³-hybridized carbons (Fsp3) is 0.429. The fourth-order valence-electron chi connectivity index (χ4n) is 1.83. The Labute approximate surface area is 128 Å². The molecule has 2 rings (SSSR count). The van der Waals surface area contributed by atoms with Gasteiger partial charge in [-0.1, -0.05) is 31.2 Å². The summed E-state index contributed by atoms with van der Waals surface area (Å²) in [5, 5.41) is 4.82. The molecule has 0 saturated heterocycles. The molecule has 0 radical (unpaired) electrons. The summed E-state index contributed by atoms with van der Waals surface area (Å²) >= 11 is 6.03. The summed E-state index contributed by atoms with van der Waals surface area (Å²) < 4.78 is 19.9. The first-order chi connectivity index (χ1) is 9.78. The number of hydrogen-bond donors (Lipinski definition) is 0. The molecule has 0 saturated carbocycles.